The standard InChI is InChI=1S/C15H15BFNO5/c1-22-12-5-2-10(3-6-12)9-23-18-15(19)13-7-4-11(16(20)21)8-14(13)17/h2-8,20-21H,9H2,1H3,(H,18,19). The summed E-state index contributed by atoms with van der Waals surface area (Å²) in [5.74, 6) is -0.942. The molecule has 0 aromatic heterocycles. The first kappa shape index (κ1) is 16.9. The Bertz CT molecular complexity index is 678. The summed E-state index contributed by atoms with van der Waals surface area (Å²) in [7, 11) is -0.241. The van der Waals surface area contributed by atoms with E-state index in [1.54, 1.807) is 31.4 Å². The normalized spacial score (nSPS) is 10.3. The number of rotatable bonds is 6. The quantitative estimate of drug-likeness (QED) is 0.529. The van der Waals surface area contributed by atoms with Crippen molar-refractivity contribution in [3.63, 3.8) is 0 Å². The number of nitrogens with one attached hydrogen (secondary N) is 1. The molecule has 1 amide bonds. The van der Waals surface area contributed by atoms with Crippen LogP contribution in [-0.2, 0) is 11.4 Å². The first-order valence-electron chi connectivity index (χ1n) is 6.72. The molecule has 0 saturated heterocycles. The Morgan fingerprint density at radius 2 is 1.91 bits per heavy atom. The smallest absolute Gasteiger partial charge is 0.488 e. The largest absolute Gasteiger partial charge is 0.497 e. The molecule has 3 N–H and O–H groups in total. The molecule has 120 valence electrons. The Hall–Kier alpha value is -2.42. The average molecular weight is 319 g/mol. The second kappa shape index (κ2) is 7.73. The fourth-order valence-corrected chi connectivity index (χ4v) is 1.84. The number of ether oxygens (including phenoxy) is 1. The molecule has 23 heavy (non-hydrogen) atoms. The van der Waals surface area contributed by atoms with Crippen molar-refractivity contribution < 1.29 is 28.8 Å². The molecule has 0 radical (unpaired) electrons. The SMILES string of the molecule is COc1ccc(CONC(=O)c2ccc(B(O)O)cc2F)cc1. The number of methoxy groups -OCH3 is 1. The van der Waals surface area contributed by atoms with Crippen LogP contribution in [-0.4, -0.2) is 30.2 Å². The molecule has 2 aromatic rings. The second-order valence-electron chi connectivity index (χ2n) is 4.68. The number of amides is 1. The molecule has 0 fully saturated rings. The van der Waals surface area contributed by atoms with Crippen LogP contribution in [0.5, 0.6) is 5.75 Å². The topological polar surface area (TPSA) is 88.0 Å². The molecule has 0 bridgehead atoms. The van der Waals surface area contributed by atoms with Crippen LogP contribution in [0, 0.1) is 5.82 Å². The Balaban J connectivity index is 1.91. The number of halogens is 1. The molecule has 2 aromatic carbocycles. The van der Waals surface area contributed by atoms with E-state index >= 15 is 0 Å². The van der Waals surface area contributed by atoms with Crippen molar-refractivity contribution in [2.75, 3.05) is 7.11 Å². The Kier molecular flexibility index (Phi) is 5.69. The molecule has 0 aliphatic rings. The van der Waals surface area contributed by atoms with Gasteiger partial charge in [-0.15, -0.1) is 0 Å². The molecule has 0 unspecified atom stereocenters. The van der Waals surface area contributed by atoms with Gasteiger partial charge in [0, 0.05) is 0 Å². The lowest BCUT2D eigenvalue weighted by molar-refractivity contribution is 0.0230. The van der Waals surface area contributed by atoms with Crippen molar-refractivity contribution in [3.05, 3.63) is 59.4 Å². The van der Waals surface area contributed by atoms with Crippen LogP contribution in [0.1, 0.15) is 15.9 Å². The molecule has 0 aliphatic carbocycles. The summed E-state index contributed by atoms with van der Waals surface area (Å²) in [6, 6.07) is 10.3. The third-order valence-electron chi connectivity index (χ3n) is 3.10. The number of hydroxylamine groups is 1. The fraction of sp³-hybridized carbons (Fsp3) is 0.133. The van der Waals surface area contributed by atoms with E-state index in [1.807, 2.05) is 0 Å². The zero-order valence-corrected chi connectivity index (χ0v) is 12.3. The average Bonchev–Trinajstić information content (AvgIpc) is 2.55. The third kappa shape index (κ3) is 4.52. The molecule has 0 heterocycles. The number of hydrogen-bond donors (Lipinski definition) is 3. The van der Waals surface area contributed by atoms with Gasteiger partial charge in [0.1, 0.15) is 11.6 Å². The Morgan fingerprint density at radius 3 is 2.48 bits per heavy atom. The van der Waals surface area contributed by atoms with Gasteiger partial charge in [0.15, 0.2) is 0 Å². The fourth-order valence-electron chi connectivity index (χ4n) is 1.84. The van der Waals surface area contributed by atoms with Crippen molar-refractivity contribution in [1.82, 2.24) is 5.48 Å². The number of carbonyl (C=O) groups is 1. The highest BCUT2D eigenvalue weighted by Gasteiger charge is 2.17. The van der Waals surface area contributed by atoms with Gasteiger partial charge in [-0.3, -0.25) is 9.63 Å². The van der Waals surface area contributed by atoms with Crippen molar-refractivity contribution in [1.29, 1.82) is 0 Å². The van der Waals surface area contributed by atoms with Gasteiger partial charge < -0.3 is 14.8 Å². The summed E-state index contributed by atoms with van der Waals surface area (Å²) >= 11 is 0. The van der Waals surface area contributed by atoms with E-state index in [0.717, 1.165) is 17.7 Å². The van der Waals surface area contributed by atoms with E-state index in [9.17, 15) is 9.18 Å². The van der Waals surface area contributed by atoms with Crippen molar-refractivity contribution in [2.45, 2.75) is 6.61 Å². The van der Waals surface area contributed by atoms with E-state index in [4.69, 9.17) is 19.6 Å². The van der Waals surface area contributed by atoms with Crippen LogP contribution < -0.4 is 15.7 Å². The van der Waals surface area contributed by atoms with E-state index in [2.05, 4.69) is 5.48 Å². The maximum atomic E-state index is 13.7. The third-order valence-corrected chi connectivity index (χ3v) is 3.10. The van der Waals surface area contributed by atoms with Gasteiger partial charge in [0.2, 0.25) is 0 Å². The molecular formula is C15H15BFNO5. The molecule has 6 nitrogen and oxygen atoms in total. The lowest BCUT2D eigenvalue weighted by Crippen LogP contribution is -2.31. The van der Waals surface area contributed by atoms with Gasteiger partial charge in [-0.25, -0.2) is 9.87 Å². The van der Waals surface area contributed by atoms with Crippen molar-refractivity contribution in [2.24, 2.45) is 0 Å². The number of carbonyl (C=O) groups excluding carboxylic acids is 1. The van der Waals surface area contributed by atoms with Gasteiger partial charge in [0.25, 0.3) is 5.91 Å². The predicted molar refractivity (Wildman–Crippen MR) is 81.5 cm³/mol. The summed E-state index contributed by atoms with van der Waals surface area (Å²) in [6.45, 7) is 0.102. The molecule has 8 heteroatoms. The van der Waals surface area contributed by atoms with Gasteiger partial charge in [0.05, 0.1) is 19.3 Å². The minimum atomic E-state index is -1.80. The van der Waals surface area contributed by atoms with Crippen molar-refractivity contribution in [3.8, 4) is 5.75 Å². The zero-order valence-electron chi connectivity index (χ0n) is 12.3. The number of hydrogen-bond acceptors (Lipinski definition) is 5. The molecule has 2 rings (SSSR count). The van der Waals surface area contributed by atoms with Crippen LogP contribution in [0.2, 0.25) is 0 Å². The van der Waals surface area contributed by atoms with E-state index in [-0.39, 0.29) is 17.6 Å². The zero-order chi connectivity index (χ0) is 16.8. The molecule has 0 spiro atoms. The summed E-state index contributed by atoms with van der Waals surface area (Å²) in [5, 5.41) is 17.9. The van der Waals surface area contributed by atoms with E-state index in [0.29, 0.717) is 5.75 Å². The van der Waals surface area contributed by atoms with Crippen molar-refractivity contribution >= 4 is 18.5 Å². The van der Waals surface area contributed by atoms with Crippen LogP contribution in [0.25, 0.3) is 0 Å². The predicted octanol–water partition coefficient (Wildman–Crippen LogP) is 0.376. The lowest BCUT2D eigenvalue weighted by Gasteiger charge is -2.08. The van der Waals surface area contributed by atoms with Crippen LogP contribution in [0.15, 0.2) is 42.5 Å². The van der Waals surface area contributed by atoms with E-state index in [1.165, 1.54) is 6.07 Å². The highest BCUT2D eigenvalue weighted by molar-refractivity contribution is 6.58. The lowest BCUT2D eigenvalue weighted by atomic mass is 9.80. The maximum absolute atomic E-state index is 13.7. The van der Waals surface area contributed by atoms with Gasteiger partial charge in [-0.05, 0) is 35.3 Å². The van der Waals surface area contributed by atoms with E-state index < -0.39 is 18.8 Å². The Morgan fingerprint density at radius 1 is 1.22 bits per heavy atom. The van der Waals surface area contributed by atoms with Crippen LogP contribution in [0.3, 0.4) is 0 Å². The minimum absolute atomic E-state index is 0.0433. The van der Waals surface area contributed by atoms with Gasteiger partial charge >= 0.3 is 7.12 Å². The minimum Gasteiger partial charge on any atom is -0.497 e. The van der Waals surface area contributed by atoms with Gasteiger partial charge in [-0.1, -0.05) is 18.2 Å². The highest BCUT2D eigenvalue weighted by Crippen LogP contribution is 2.12. The molecule has 0 aliphatic heterocycles. The van der Waals surface area contributed by atoms with Gasteiger partial charge in [-0.2, -0.15) is 0 Å². The summed E-state index contributed by atoms with van der Waals surface area (Å²) in [6.07, 6.45) is 0. The molecule has 0 atom stereocenters. The first-order chi connectivity index (χ1) is 11.0. The Labute approximate surface area is 132 Å². The molecular weight excluding hydrogens is 304 g/mol. The van der Waals surface area contributed by atoms with Crippen LogP contribution >= 0.6 is 0 Å². The highest BCUT2D eigenvalue weighted by atomic mass is 19.1. The summed E-state index contributed by atoms with van der Waals surface area (Å²) < 4.78 is 18.8. The molecule has 0 saturated carbocycles. The number of benzene rings is 2. The summed E-state index contributed by atoms with van der Waals surface area (Å²) in [4.78, 5) is 16.9. The second-order valence-corrected chi connectivity index (χ2v) is 4.68. The van der Waals surface area contributed by atoms with Crippen LogP contribution in [0.4, 0.5) is 4.39 Å². The first-order valence-corrected chi connectivity index (χ1v) is 6.72. The maximum Gasteiger partial charge on any atom is 0.488 e. The monoisotopic (exact) mass is 319 g/mol. The summed E-state index contributed by atoms with van der Waals surface area (Å²) in [5.41, 5.74) is 2.62.